The standard InChI is InChI=1S/C4H8N2O2/c1-2-4(6-8)3-5-7/h3,7-8H,2H2,1H3/b5-3-,6-4-. The lowest BCUT2D eigenvalue weighted by atomic mass is 10.3. The molecule has 4 nitrogen and oxygen atoms in total. The third-order valence-electron chi connectivity index (χ3n) is 0.697. The number of nitrogens with zero attached hydrogens (tertiary/aromatic N) is 2. The lowest BCUT2D eigenvalue weighted by Crippen LogP contribution is -1.96. The number of rotatable bonds is 2. The average molecular weight is 116 g/mol. The summed E-state index contributed by atoms with van der Waals surface area (Å²) in [7, 11) is 0. The van der Waals surface area contributed by atoms with Crippen LogP contribution in [0, 0.1) is 0 Å². The SMILES string of the molecule is CCC(/C=N\O)=N/O. The van der Waals surface area contributed by atoms with Crippen LogP contribution in [0.5, 0.6) is 0 Å². The molecule has 2 N–H and O–H groups in total. The Balaban J connectivity index is 3.72. The highest BCUT2D eigenvalue weighted by Gasteiger charge is 1.87. The van der Waals surface area contributed by atoms with E-state index in [0.717, 1.165) is 6.21 Å². The molecule has 0 saturated heterocycles. The number of hydrogen-bond acceptors (Lipinski definition) is 4. The highest BCUT2D eigenvalue weighted by atomic mass is 16.4. The molecule has 0 aromatic rings. The molecule has 0 heterocycles. The van der Waals surface area contributed by atoms with Gasteiger partial charge in [-0.3, -0.25) is 0 Å². The maximum atomic E-state index is 8.04. The Morgan fingerprint density at radius 1 is 1.62 bits per heavy atom. The van der Waals surface area contributed by atoms with E-state index < -0.39 is 0 Å². The summed E-state index contributed by atoms with van der Waals surface area (Å²) in [5.41, 5.74) is 0.354. The average Bonchev–Trinajstić information content (AvgIpc) is 1.83. The highest BCUT2D eigenvalue weighted by molar-refractivity contribution is 6.30. The molecule has 0 rings (SSSR count). The van der Waals surface area contributed by atoms with Gasteiger partial charge in [-0.05, 0) is 6.42 Å². The second-order valence-corrected chi connectivity index (χ2v) is 1.19. The zero-order valence-electron chi connectivity index (χ0n) is 4.57. The van der Waals surface area contributed by atoms with Crippen LogP contribution in [0.4, 0.5) is 0 Å². The Labute approximate surface area is 47.1 Å². The van der Waals surface area contributed by atoms with E-state index in [1.165, 1.54) is 0 Å². The third kappa shape index (κ3) is 2.17. The first-order valence-electron chi connectivity index (χ1n) is 2.23. The van der Waals surface area contributed by atoms with Crippen LogP contribution in [0.3, 0.4) is 0 Å². The summed E-state index contributed by atoms with van der Waals surface area (Å²) in [6.45, 7) is 1.79. The summed E-state index contributed by atoms with van der Waals surface area (Å²) in [5, 5.41) is 21.4. The second-order valence-electron chi connectivity index (χ2n) is 1.19. The van der Waals surface area contributed by atoms with Gasteiger partial charge in [0.15, 0.2) is 0 Å². The van der Waals surface area contributed by atoms with Crippen molar-refractivity contribution >= 4 is 11.9 Å². The van der Waals surface area contributed by atoms with Crippen LogP contribution in [0.25, 0.3) is 0 Å². The van der Waals surface area contributed by atoms with E-state index >= 15 is 0 Å². The minimum atomic E-state index is 0.354. The first-order valence-corrected chi connectivity index (χ1v) is 2.23. The van der Waals surface area contributed by atoms with Gasteiger partial charge < -0.3 is 10.4 Å². The van der Waals surface area contributed by atoms with E-state index in [9.17, 15) is 0 Å². The molecular weight excluding hydrogens is 108 g/mol. The molecule has 0 radical (unpaired) electrons. The summed E-state index contributed by atoms with van der Waals surface area (Å²) < 4.78 is 0. The molecule has 0 aromatic heterocycles. The van der Waals surface area contributed by atoms with Crippen molar-refractivity contribution in [1.82, 2.24) is 0 Å². The number of oxime groups is 2. The molecule has 0 aliphatic carbocycles. The van der Waals surface area contributed by atoms with Crippen LogP contribution >= 0.6 is 0 Å². The molecule has 0 unspecified atom stereocenters. The zero-order valence-corrected chi connectivity index (χ0v) is 4.57. The maximum absolute atomic E-state index is 8.04. The van der Waals surface area contributed by atoms with Crippen molar-refractivity contribution in [3.8, 4) is 0 Å². The first kappa shape index (κ1) is 6.94. The van der Waals surface area contributed by atoms with Crippen LogP contribution in [0.15, 0.2) is 10.3 Å². The monoisotopic (exact) mass is 116 g/mol. The smallest absolute Gasteiger partial charge is 0.101 e. The fourth-order valence-corrected chi connectivity index (χ4v) is 0.254. The van der Waals surface area contributed by atoms with Crippen LogP contribution in [0.1, 0.15) is 13.3 Å². The highest BCUT2D eigenvalue weighted by Crippen LogP contribution is 1.78. The lowest BCUT2D eigenvalue weighted by molar-refractivity contribution is 0.315. The molecule has 0 fully saturated rings. The van der Waals surface area contributed by atoms with Gasteiger partial charge >= 0.3 is 0 Å². The van der Waals surface area contributed by atoms with Gasteiger partial charge in [-0.15, -0.1) is 0 Å². The molecule has 8 heavy (non-hydrogen) atoms. The topological polar surface area (TPSA) is 65.2 Å². The van der Waals surface area contributed by atoms with E-state index in [4.69, 9.17) is 10.4 Å². The summed E-state index contributed by atoms with van der Waals surface area (Å²) >= 11 is 0. The Morgan fingerprint density at radius 2 is 2.25 bits per heavy atom. The summed E-state index contributed by atoms with van der Waals surface area (Å²) in [6, 6.07) is 0. The fraction of sp³-hybridized carbons (Fsp3) is 0.500. The Hall–Kier alpha value is -1.06. The van der Waals surface area contributed by atoms with Gasteiger partial charge in [-0.1, -0.05) is 17.2 Å². The van der Waals surface area contributed by atoms with E-state index in [1.807, 2.05) is 0 Å². The molecule has 0 aliphatic heterocycles. The Kier molecular flexibility index (Phi) is 3.56. The molecule has 0 amide bonds. The van der Waals surface area contributed by atoms with Gasteiger partial charge in [0.25, 0.3) is 0 Å². The van der Waals surface area contributed by atoms with Crippen molar-refractivity contribution in [2.24, 2.45) is 10.3 Å². The van der Waals surface area contributed by atoms with E-state index in [0.29, 0.717) is 12.1 Å². The first-order chi connectivity index (χ1) is 3.85. The van der Waals surface area contributed by atoms with Crippen molar-refractivity contribution in [2.75, 3.05) is 0 Å². The second kappa shape index (κ2) is 4.11. The molecule has 0 atom stereocenters. The third-order valence-corrected chi connectivity index (χ3v) is 0.697. The van der Waals surface area contributed by atoms with Gasteiger partial charge in [-0.25, -0.2) is 0 Å². The minimum absolute atomic E-state index is 0.354. The molecule has 0 aromatic carbocycles. The fourth-order valence-electron chi connectivity index (χ4n) is 0.254. The van der Waals surface area contributed by atoms with Crippen molar-refractivity contribution in [3.05, 3.63) is 0 Å². The predicted molar refractivity (Wildman–Crippen MR) is 29.8 cm³/mol. The normalized spacial score (nSPS) is 12.9. The summed E-state index contributed by atoms with van der Waals surface area (Å²) in [6.07, 6.45) is 1.64. The van der Waals surface area contributed by atoms with Crippen molar-refractivity contribution in [2.45, 2.75) is 13.3 Å². The quantitative estimate of drug-likeness (QED) is 0.316. The van der Waals surface area contributed by atoms with E-state index in [-0.39, 0.29) is 0 Å². The van der Waals surface area contributed by atoms with Gasteiger partial charge in [0.2, 0.25) is 0 Å². The van der Waals surface area contributed by atoms with Crippen LogP contribution in [-0.4, -0.2) is 22.3 Å². The van der Waals surface area contributed by atoms with Gasteiger partial charge in [0.1, 0.15) is 5.71 Å². The summed E-state index contributed by atoms with van der Waals surface area (Å²) in [5.74, 6) is 0. The molecule has 4 heteroatoms. The molecule has 0 bridgehead atoms. The zero-order chi connectivity index (χ0) is 6.41. The Bertz CT molecular complexity index is 106. The molecular formula is C4H8N2O2. The molecule has 0 spiro atoms. The predicted octanol–water partition coefficient (Wildman–Crippen LogP) is 0.687. The minimum Gasteiger partial charge on any atom is -0.411 e. The van der Waals surface area contributed by atoms with Crippen molar-refractivity contribution in [3.63, 3.8) is 0 Å². The largest absolute Gasteiger partial charge is 0.411 e. The maximum Gasteiger partial charge on any atom is 0.101 e. The molecule has 0 saturated carbocycles. The van der Waals surface area contributed by atoms with Crippen molar-refractivity contribution < 1.29 is 10.4 Å². The van der Waals surface area contributed by atoms with Crippen LogP contribution < -0.4 is 0 Å². The van der Waals surface area contributed by atoms with Gasteiger partial charge in [0, 0.05) is 0 Å². The number of hydrogen-bond donors (Lipinski definition) is 2. The molecule has 46 valence electrons. The van der Waals surface area contributed by atoms with E-state index in [2.05, 4.69) is 10.3 Å². The van der Waals surface area contributed by atoms with Crippen LogP contribution in [-0.2, 0) is 0 Å². The summed E-state index contributed by atoms with van der Waals surface area (Å²) in [4.78, 5) is 0. The van der Waals surface area contributed by atoms with Gasteiger partial charge in [-0.2, -0.15) is 0 Å². The van der Waals surface area contributed by atoms with E-state index in [1.54, 1.807) is 6.92 Å². The molecule has 0 aliphatic rings. The van der Waals surface area contributed by atoms with Crippen molar-refractivity contribution in [1.29, 1.82) is 0 Å². The van der Waals surface area contributed by atoms with Crippen LogP contribution in [0.2, 0.25) is 0 Å². The Morgan fingerprint density at radius 3 is 2.38 bits per heavy atom. The lowest BCUT2D eigenvalue weighted by Gasteiger charge is -1.84. The van der Waals surface area contributed by atoms with Gasteiger partial charge in [0.05, 0.1) is 6.21 Å².